The summed E-state index contributed by atoms with van der Waals surface area (Å²) in [4.78, 5) is 4.71. The molecule has 1 fully saturated rings. The minimum absolute atomic E-state index is 0.283. The summed E-state index contributed by atoms with van der Waals surface area (Å²) in [5.74, 6) is 0.189. The van der Waals surface area contributed by atoms with Crippen molar-refractivity contribution in [3.05, 3.63) is 70.0 Å². The van der Waals surface area contributed by atoms with Gasteiger partial charge in [0.25, 0.3) is 0 Å². The van der Waals surface area contributed by atoms with Crippen LogP contribution in [-0.2, 0) is 6.54 Å². The Hall–Kier alpha value is -1.42. The molecule has 128 valence electrons. The number of likely N-dealkylation sites (tertiary alicyclic amines) is 1. The molecule has 24 heavy (non-hydrogen) atoms. The molecule has 0 amide bonds. The molecule has 0 saturated carbocycles. The van der Waals surface area contributed by atoms with Crippen LogP contribution in [0.2, 0.25) is 5.02 Å². The highest BCUT2D eigenvalue weighted by Crippen LogP contribution is 2.32. The van der Waals surface area contributed by atoms with Gasteiger partial charge in [-0.15, -0.1) is 0 Å². The second-order valence-electron chi connectivity index (χ2n) is 6.98. The number of nitrogens with zero attached hydrogens (tertiary/aromatic N) is 2. The first-order valence-corrected chi connectivity index (χ1v) is 8.71. The van der Waals surface area contributed by atoms with Crippen molar-refractivity contribution < 1.29 is 4.39 Å². The molecule has 0 bridgehead atoms. The summed E-state index contributed by atoms with van der Waals surface area (Å²) < 4.78 is 13.2. The van der Waals surface area contributed by atoms with Gasteiger partial charge >= 0.3 is 0 Å². The van der Waals surface area contributed by atoms with Crippen molar-refractivity contribution >= 4 is 11.6 Å². The first-order chi connectivity index (χ1) is 11.4. The lowest BCUT2D eigenvalue weighted by Gasteiger charge is -2.25. The van der Waals surface area contributed by atoms with Crippen LogP contribution < -0.4 is 0 Å². The largest absolute Gasteiger partial charge is 0.305 e. The lowest BCUT2D eigenvalue weighted by molar-refractivity contribution is 0.260. The molecule has 2 aromatic rings. The fourth-order valence-corrected chi connectivity index (χ4v) is 3.78. The average Bonchev–Trinajstić information content (AvgIpc) is 2.95. The SMILES string of the molecule is Cc1ccc([C@@H]2CN(Cc3ccc(F)cc3Cl)C[C@H]2N(C)C)cc1. The third-order valence-electron chi connectivity index (χ3n) is 4.94. The zero-order chi connectivity index (χ0) is 17.3. The first-order valence-electron chi connectivity index (χ1n) is 8.33. The fourth-order valence-electron chi connectivity index (χ4n) is 3.55. The van der Waals surface area contributed by atoms with Crippen LogP contribution in [-0.4, -0.2) is 43.0 Å². The molecule has 0 unspecified atom stereocenters. The number of aryl methyl sites for hydroxylation is 1. The normalized spacial score (nSPS) is 21.6. The lowest BCUT2D eigenvalue weighted by Crippen LogP contribution is -2.34. The van der Waals surface area contributed by atoms with Gasteiger partial charge in [0.15, 0.2) is 0 Å². The summed E-state index contributed by atoms with van der Waals surface area (Å²) in [5, 5.41) is 0.509. The maximum Gasteiger partial charge on any atom is 0.124 e. The van der Waals surface area contributed by atoms with E-state index in [2.05, 4.69) is 55.1 Å². The Bertz CT molecular complexity index is 699. The summed E-state index contributed by atoms with van der Waals surface area (Å²) in [6.45, 7) is 4.84. The molecule has 0 N–H and O–H groups in total. The van der Waals surface area contributed by atoms with Crippen LogP contribution in [0.3, 0.4) is 0 Å². The number of rotatable bonds is 4. The maximum absolute atomic E-state index is 13.2. The number of halogens is 2. The van der Waals surface area contributed by atoms with Crippen LogP contribution in [0, 0.1) is 12.7 Å². The topological polar surface area (TPSA) is 6.48 Å². The number of hydrogen-bond donors (Lipinski definition) is 0. The van der Waals surface area contributed by atoms with Crippen LogP contribution in [0.4, 0.5) is 4.39 Å². The minimum Gasteiger partial charge on any atom is -0.305 e. The van der Waals surface area contributed by atoms with Gasteiger partial charge in [0.1, 0.15) is 5.82 Å². The Morgan fingerprint density at radius 3 is 2.46 bits per heavy atom. The van der Waals surface area contributed by atoms with E-state index in [1.807, 2.05) is 0 Å². The first kappa shape index (κ1) is 17.4. The van der Waals surface area contributed by atoms with Crippen LogP contribution in [0.25, 0.3) is 0 Å². The predicted octanol–water partition coefficient (Wildman–Crippen LogP) is 4.32. The predicted molar refractivity (Wildman–Crippen MR) is 98.1 cm³/mol. The number of benzene rings is 2. The highest BCUT2D eigenvalue weighted by atomic mass is 35.5. The molecule has 4 heteroatoms. The lowest BCUT2D eigenvalue weighted by atomic mass is 9.93. The molecule has 2 aromatic carbocycles. The second-order valence-corrected chi connectivity index (χ2v) is 7.39. The summed E-state index contributed by atoms with van der Waals surface area (Å²) in [6, 6.07) is 14.0. The molecule has 1 heterocycles. The van der Waals surface area contributed by atoms with E-state index in [1.165, 1.54) is 23.3 Å². The average molecular weight is 347 g/mol. The molecule has 3 rings (SSSR count). The van der Waals surface area contributed by atoms with Crippen molar-refractivity contribution in [1.29, 1.82) is 0 Å². The molecule has 2 nitrogen and oxygen atoms in total. The third-order valence-corrected chi connectivity index (χ3v) is 5.29. The van der Waals surface area contributed by atoms with Gasteiger partial charge in [0.2, 0.25) is 0 Å². The van der Waals surface area contributed by atoms with Crippen molar-refractivity contribution in [3.8, 4) is 0 Å². The summed E-state index contributed by atoms with van der Waals surface area (Å²) >= 11 is 6.20. The molecule has 1 aliphatic heterocycles. The van der Waals surface area contributed by atoms with Crippen LogP contribution >= 0.6 is 11.6 Å². The highest BCUT2D eigenvalue weighted by Gasteiger charge is 2.35. The van der Waals surface area contributed by atoms with Crippen molar-refractivity contribution in [2.45, 2.75) is 25.4 Å². The standard InChI is InChI=1S/C20H24ClFN2/c1-14-4-6-15(7-5-14)18-12-24(13-20(18)23(2)3)11-16-8-9-17(22)10-19(16)21/h4-10,18,20H,11-13H2,1-3H3/t18-,20+/m0/s1. The summed E-state index contributed by atoms with van der Waals surface area (Å²) in [6.07, 6.45) is 0. The van der Waals surface area contributed by atoms with Crippen molar-refractivity contribution in [3.63, 3.8) is 0 Å². The van der Waals surface area contributed by atoms with Crippen molar-refractivity contribution in [2.24, 2.45) is 0 Å². The third kappa shape index (κ3) is 3.80. The van der Waals surface area contributed by atoms with Gasteiger partial charge < -0.3 is 4.90 Å². The number of hydrogen-bond acceptors (Lipinski definition) is 2. The van der Waals surface area contributed by atoms with Crippen LogP contribution in [0.15, 0.2) is 42.5 Å². The second kappa shape index (κ2) is 7.22. The highest BCUT2D eigenvalue weighted by molar-refractivity contribution is 6.31. The Kier molecular flexibility index (Phi) is 5.24. The minimum atomic E-state index is -0.283. The molecular weight excluding hydrogens is 323 g/mol. The zero-order valence-corrected chi connectivity index (χ0v) is 15.2. The Labute approximate surface area is 148 Å². The van der Waals surface area contributed by atoms with E-state index < -0.39 is 0 Å². The molecule has 0 aliphatic carbocycles. The maximum atomic E-state index is 13.2. The van der Waals surface area contributed by atoms with Crippen LogP contribution in [0.5, 0.6) is 0 Å². The van der Waals surface area contributed by atoms with Gasteiger partial charge in [-0.1, -0.05) is 47.5 Å². The molecule has 0 radical (unpaired) electrons. The molecule has 0 spiro atoms. The molecule has 2 atom stereocenters. The zero-order valence-electron chi connectivity index (χ0n) is 14.5. The van der Waals surface area contributed by atoms with Crippen molar-refractivity contribution in [1.82, 2.24) is 9.80 Å². The summed E-state index contributed by atoms with van der Waals surface area (Å²) in [7, 11) is 4.28. The van der Waals surface area contributed by atoms with Crippen molar-refractivity contribution in [2.75, 3.05) is 27.2 Å². The van der Waals surface area contributed by atoms with E-state index in [4.69, 9.17) is 11.6 Å². The van der Waals surface area contributed by atoms with E-state index in [0.29, 0.717) is 17.0 Å². The monoisotopic (exact) mass is 346 g/mol. The summed E-state index contributed by atoms with van der Waals surface area (Å²) in [5.41, 5.74) is 3.65. The Morgan fingerprint density at radius 1 is 1.12 bits per heavy atom. The fraction of sp³-hybridized carbons (Fsp3) is 0.400. The van der Waals surface area contributed by atoms with Gasteiger partial charge in [-0.25, -0.2) is 4.39 Å². The molecule has 0 aromatic heterocycles. The molecule has 1 aliphatic rings. The van der Waals surface area contributed by atoms with Gasteiger partial charge in [0, 0.05) is 36.6 Å². The van der Waals surface area contributed by atoms with Gasteiger partial charge in [0.05, 0.1) is 0 Å². The Balaban J connectivity index is 1.78. The number of likely N-dealkylation sites (N-methyl/N-ethyl adjacent to an activating group) is 1. The molecular formula is C20H24ClFN2. The van der Waals surface area contributed by atoms with Gasteiger partial charge in [-0.05, 0) is 44.3 Å². The molecule has 1 saturated heterocycles. The van der Waals surface area contributed by atoms with E-state index in [9.17, 15) is 4.39 Å². The van der Waals surface area contributed by atoms with Gasteiger partial charge in [-0.2, -0.15) is 0 Å². The van der Waals surface area contributed by atoms with Gasteiger partial charge in [-0.3, -0.25) is 4.90 Å². The van der Waals surface area contributed by atoms with E-state index in [-0.39, 0.29) is 5.82 Å². The van der Waals surface area contributed by atoms with E-state index in [1.54, 1.807) is 6.07 Å². The smallest absolute Gasteiger partial charge is 0.124 e. The Morgan fingerprint density at radius 2 is 1.83 bits per heavy atom. The quantitative estimate of drug-likeness (QED) is 0.813. The van der Waals surface area contributed by atoms with E-state index in [0.717, 1.165) is 25.2 Å². The van der Waals surface area contributed by atoms with E-state index >= 15 is 0 Å². The van der Waals surface area contributed by atoms with Crippen LogP contribution in [0.1, 0.15) is 22.6 Å².